The maximum absolute atomic E-state index is 10.6. The Morgan fingerprint density at radius 2 is 1.56 bits per heavy atom. The molecule has 0 spiro atoms. The van der Waals surface area contributed by atoms with Gasteiger partial charge in [0.1, 0.15) is 16.7 Å². The molecule has 0 aliphatic rings. The highest BCUT2D eigenvalue weighted by Gasteiger charge is 2.24. The van der Waals surface area contributed by atoms with Crippen molar-refractivity contribution in [1.29, 1.82) is 10.8 Å². The fraction of sp³-hybridized carbons (Fsp3) is 0.344. The molecule has 0 fully saturated rings. The number of anilines is 2. The molecule has 0 bridgehead atoms. The number of amides is 1. The van der Waals surface area contributed by atoms with E-state index in [-0.39, 0.29) is 5.91 Å². The highest BCUT2D eigenvalue weighted by atomic mass is 35.5. The SMILES string of the molecule is C=C(c1ccc(Cl)cc1)c1c(N(C(C)=N)C(=N)CCCC)sc(C)c1C.CC.CC(=O)Nc1ccc(C)cc1. The van der Waals surface area contributed by atoms with Crippen LogP contribution >= 0.6 is 22.9 Å². The van der Waals surface area contributed by atoms with Crippen molar-refractivity contribution in [3.63, 3.8) is 0 Å². The van der Waals surface area contributed by atoms with Gasteiger partial charge in [0.25, 0.3) is 0 Å². The van der Waals surface area contributed by atoms with Crippen LogP contribution in [-0.4, -0.2) is 17.6 Å². The largest absolute Gasteiger partial charge is 0.326 e. The Morgan fingerprint density at radius 1 is 1.00 bits per heavy atom. The Hall–Kier alpha value is -3.22. The molecule has 7 heteroatoms. The van der Waals surface area contributed by atoms with E-state index in [0.717, 1.165) is 45.8 Å². The molecule has 0 aliphatic heterocycles. The van der Waals surface area contributed by atoms with Crippen molar-refractivity contribution in [2.24, 2.45) is 0 Å². The summed E-state index contributed by atoms with van der Waals surface area (Å²) < 4.78 is 0. The van der Waals surface area contributed by atoms with Crippen molar-refractivity contribution in [1.82, 2.24) is 0 Å². The van der Waals surface area contributed by atoms with Crippen molar-refractivity contribution >= 4 is 56.8 Å². The van der Waals surface area contributed by atoms with Crippen LogP contribution < -0.4 is 10.2 Å². The molecule has 3 rings (SSSR count). The fourth-order valence-electron chi connectivity index (χ4n) is 3.69. The van der Waals surface area contributed by atoms with Crippen LogP contribution in [0.25, 0.3) is 5.57 Å². The average Bonchev–Trinajstić information content (AvgIpc) is 3.18. The predicted molar refractivity (Wildman–Crippen MR) is 173 cm³/mol. The standard InChI is InChI=1S/C21H26ClN3S.C9H11NO.C2H6/c1-6-7-8-19(24)25(16(5)23)21-20(13(2)15(4)26-21)14(3)17-9-11-18(22)12-10-17;1-7-3-5-9(6-4-7)10-8(2)11;1-2/h9-12,23-24H,3,6-8H2,1-2,4-5H3;3-6H,1-2H3,(H,10,11);1-2H3. The molecule has 3 N–H and O–H groups in total. The maximum atomic E-state index is 10.6. The van der Waals surface area contributed by atoms with E-state index in [1.165, 1.54) is 17.4 Å². The molecular formula is C32H43ClN4OS. The van der Waals surface area contributed by atoms with E-state index in [1.807, 2.05) is 69.3 Å². The van der Waals surface area contributed by atoms with Gasteiger partial charge in [0, 0.05) is 34.5 Å². The summed E-state index contributed by atoms with van der Waals surface area (Å²) in [6, 6.07) is 15.3. The molecule has 1 heterocycles. The molecule has 0 atom stereocenters. The van der Waals surface area contributed by atoms with Gasteiger partial charge in [-0.15, -0.1) is 11.3 Å². The lowest BCUT2D eigenvalue weighted by atomic mass is 9.97. The van der Waals surface area contributed by atoms with Gasteiger partial charge < -0.3 is 5.32 Å². The number of halogens is 1. The van der Waals surface area contributed by atoms with Crippen molar-refractivity contribution in [3.05, 3.63) is 87.3 Å². The Morgan fingerprint density at radius 3 is 2.05 bits per heavy atom. The number of thiophene rings is 1. The third kappa shape index (κ3) is 10.1. The lowest BCUT2D eigenvalue weighted by Crippen LogP contribution is -2.34. The van der Waals surface area contributed by atoms with E-state index in [0.29, 0.717) is 23.1 Å². The quantitative estimate of drug-likeness (QED) is 0.196. The summed E-state index contributed by atoms with van der Waals surface area (Å²) in [4.78, 5) is 13.5. The van der Waals surface area contributed by atoms with Crippen LogP contribution in [0.1, 0.15) is 81.0 Å². The molecule has 0 aliphatic carbocycles. The number of carbonyl (C=O) groups excluding carboxylic acids is 1. The molecule has 5 nitrogen and oxygen atoms in total. The van der Waals surface area contributed by atoms with Crippen molar-refractivity contribution in [3.8, 4) is 0 Å². The summed E-state index contributed by atoms with van der Waals surface area (Å²) >= 11 is 7.64. The first-order valence-corrected chi connectivity index (χ1v) is 14.5. The first kappa shape index (κ1) is 33.8. The first-order chi connectivity index (χ1) is 18.5. The Kier molecular flexibility index (Phi) is 14.5. The van der Waals surface area contributed by atoms with E-state index < -0.39 is 0 Å². The number of nitrogens with zero attached hydrogens (tertiary/aromatic N) is 1. The maximum Gasteiger partial charge on any atom is 0.221 e. The highest BCUT2D eigenvalue weighted by molar-refractivity contribution is 7.17. The number of aryl methyl sites for hydroxylation is 2. The average molecular weight is 567 g/mol. The van der Waals surface area contributed by atoms with Crippen LogP contribution in [-0.2, 0) is 4.79 Å². The zero-order valence-electron chi connectivity index (χ0n) is 24.6. The fourth-order valence-corrected chi connectivity index (χ4v) is 5.08. The number of hydrogen-bond donors (Lipinski definition) is 3. The number of nitrogens with one attached hydrogen (secondary N) is 3. The van der Waals surface area contributed by atoms with Crippen molar-refractivity contribution in [2.45, 2.75) is 74.7 Å². The Balaban J connectivity index is 0.000000487. The molecule has 2 aromatic carbocycles. The Labute approximate surface area is 243 Å². The first-order valence-electron chi connectivity index (χ1n) is 13.3. The summed E-state index contributed by atoms with van der Waals surface area (Å²) in [5, 5.41) is 21.1. The summed E-state index contributed by atoms with van der Waals surface area (Å²) in [6.07, 6.45) is 2.63. The topological polar surface area (TPSA) is 80.0 Å². The smallest absolute Gasteiger partial charge is 0.221 e. The molecule has 3 aromatic rings. The molecule has 39 heavy (non-hydrogen) atoms. The van der Waals surface area contributed by atoms with Gasteiger partial charge >= 0.3 is 0 Å². The van der Waals surface area contributed by atoms with E-state index in [1.54, 1.807) is 23.2 Å². The van der Waals surface area contributed by atoms with Crippen molar-refractivity contribution in [2.75, 3.05) is 10.2 Å². The molecule has 1 aromatic heterocycles. The number of hydrogen-bond acceptors (Lipinski definition) is 4. The molecule has 0 radical (unpaired) electrons. The van der Waals surface area contributed by atoms with Crippen LogP contribution in [0.4, 0.5) is 10.7 Å². The molecule has 1 amide bonds. The molecule has 0 unspecified atom stereocenters. The second-order valence-corrected chi connectivity index (χ2v) is 10.6. The number of unbranched alkanes of at least 4 members (excludes halogenated alkanes) is 1. The normalized spacial score (nSPS) is 9.87. The zero-order chi connectivity index (χ0) is 29.7. The van der Waals surface area contributed by atoms with Crippen LogP contribution in [0.15, 0.2) is 55.1 Å². The number of amidine groups is 2. The van der Waals surface area contributed by atoms with Gasteiger partial charge in [0.05, 0.1) is 0 Å². The van der Waals surface area contributed by atoms with Crippen LogP contribution in [0.3, 0.4) is 0 Å². The second kappa shape index (κ2) is 16.7. The lowest BCUT2D eigenvalue weighted by molar-refractivity contribution is -0.114. The van der Waals surface area contributed by atoms with Gasteiger partial charge in [0.15, 0.2) is 0 Å². The third-order valence-electron chi connectivity index (χ3n) is 5.81. The van der Waals surface area contributed by atoms with Crippen LogP contribution in [0.5, 0.6) is 0 Å². The third-order valence-corrected chi connectivity index (χ3v) is 7.25. The van der Waals surface area contributed by atoms with Gasteiger partial charge in [-0.1, -0.05) is 75.2 Å². The number of carbonyl (C=O) groups is 1. The molecule has 0 saturated heterocycles. The van der Waals surface area contributed by atoms with Crippen LogP contribution in [0, 0.1) is 31.6 Å². The monoisotopic (exact) mass is 566 g/mol. The second-order valence-electron chi connectivity index (χ2n) is 8.97. The lowest BCUT2D eigenvalue weighted by Gasteiger charge is -2.25. The summed E-state index contributed by atoms with van der Waals surface area (Å²) in [7, 11) is 0. The van der Waals surface area contributed by atoms with Crippen molar-refractivity contribution < 1.29 is 4.79 Å². The van der Waals surface area contributed by atoms with Crippen LogP contribution in [0.2, 0.25) is 5.02 Å². The zero-order valence-corrected chi connectivity index (χ0v) is 26.2. The molecule has 0 saturated carbocycles. The number of benzene rings is 2. The minimum atomic E-state index is -0.0335. The summed E-state index contributed by atoms with van der Waals surface area (Å²) in [5.74, 6) is 0.789. The molecular weight excluding hydrogens is 524 g/mol. The van der Waals surface area contributed by atoms with Gasteiger partial charge in [-0.25, -0.2) is 0 Å². The summed E-state index contributed by atoms with van der Waals surface area (Å²) in [6.45, 7) is 19.8. The van der Waals surface area contributed by atoms with Gasteiger partial charge in [-0.3, -0.25) is 20.5 Å². The predicted octanol–water partition coefficient (Wildman–Crippen LogP) is 10.0. The Bertz CT molecular complexity index is 1260. The van der Waals surface area contributed by atoms with E-state index in [4.69, 9.17) is 22.4 Å². The highest BCUT2D eigenvalue weighted by Crippen LogP contribution is 2.42. The van der Waals surface area contributed by atoms with E-state index >= 15 is 0 Å². The minimum absolute atomic E-state index is 0.0335. The molecule has 210 valence electrons. The minimum Gasteiger partial charge on any atom is -0.326 e. The van der Waals surface area contributed by atoms with Gasteiger partial charge in [-0.05, 0) is 75.1 Å². The van der Waals surface area contributed by atoms with E-state index in [9.17, 15) is 4.79 Å². The van der Waals surface area contributed by atoms with Gasteiger partial charge in [0.2, 0.25) is 5.91 Å². The summed E-state index contributed by atoms with van der Waals surface area (Å²) in [5.41, 5.74) is 6.11. The van der Waals surface area contributed by atoms with E-state index in [2.05, 4.69) is 32.7 Å². The van der Waals surface area contributed by atoms with Gasteiger partial charge in [-0.2, -0.15) is 0 Å². The number of rotatable bonds is 7.